The smallest absolute Gasteiger partial charge is 0.0540 e. The van der Waals surface area contributed by atoms with Gasteiger partial charge in [-0.05, 0) is 113 Å². The Balaban J connectivity index is 1.02. The molecule has 0 saturated carbocycles. The Bertz CT molecular complexity index is 3220. The molecule has 62 heavy (non-hydrogen) atoms. The molecule has 0 fully saturated rings. The molecule has 0 amide bonds. The molecule has 0 radical (unpaired) electrons. The predicted octanol–water partition coefficient (Wildman–Crippen LogP) is 17.0. The Morgan fingerprint density at radius 1 is 0.306 bits per heavy atom. The molecule has 294 valence electrons. The zero-order chi connectivity index (χ0) is 41.6. The van der Waals surface area contributed by atoms with Crippen LogP contribution in [0.5, 0.6) is 0 Å². The van der Waals surface area contributed by atoms with Crippen molar-refractivity contribution in [1.82, 2.24) is 0 Å². The zero-order valence-electron chi connectivity index (χ0n) is 35.0. The minimum absolute atomic E-state index is 0.0532. The van der Waals surface area contributed by atoms with Gasteiger partial charge >= 0.3 is 0 Å². The van der Waals surface area contributed by atoms with Gasteiger partial charge in [0.15, 0.2) is 0 Å². The Morgan fingerprint density at radius 2 is 0.790 bits per heavy atom. The minimum Gasteiger partial charge on any atom is -0.310 e. The molecule has 0 bridgehead atoms. The van der Waals surface area contributed by atoms with Crippen molar-refractivity contribution in [3.05, 3.63) is 248 Å². The SMILES string of the molecule is CC1(C)c2ccccc2-c2c(-c3ccc(N(c4cccc(-c5ccc(-c6ccccc6)cc5)c4)c4ccccc4-c4ccc(-c5cccc6ccccc56)cc4)cc3)cccc21. The molecule has 0 N–H and O–H groups in total. The van der Waals surface area contributed by atoms with Gasteiger partial charge in [0.05, 0.1) is 5.69 Å². The number of hydrogen-bond donors (Lipinski definition) is 0. The van der Waals surface area contributed by atoms with Crippen molar-refractivity contribution >= 4 is 27.8 Å². The van der Waals surface area contributed by atoms with E-state index < -0.39 is 0 Å². The van der Waals surface area contributed by atoms with E-state index in [0.717, 1.165) is 17.1 Å². The minimum atomic E-state index is -0.0532. The zero-order valence-corrected chi connectivity index (χ0v) is 35.0. The van der Waals surface area contributed by atoms with Gasteiger partial charge in [0.1, 0.15) is 0 Å². The lowest BCUT2D eigenvalue weighted by Gasteiger charge is -2.28. The van der Waals surface area contributed by atoms with Gasteiger partial charge in [0.25, 0.3) is 0 Å². The second kappa shape index (κ2) is 15.4. The van der Waals surface area contributed by atoms with E-state index >= 15 is 0 Å². The van der Waals surface area contributed by atoms with Crippen molar-refractivity contribution in [3.63, 3.8) is 0 Å². The van der Waals surface area contributed by atoms with Crippen LogP contribution in [0.2, 0.25) is 0 Å². The molecule has 11 rings (SSSR count). The van der Waals surface area contributed by atoms with E-state index in [9.17, 15) is 0 Å². The van der Waals surface area contributed by atoms with Crippen molar-refractivity contribution in [2.45, 2.75) is 19.3 Å². The van der Waals surface area contributed by atoms with E-state index in [1.165, 1.54) is 88.7 Å². The largest absolute Gasteiger partial charge is 0.310 e. The summed E-state index contributed by atoms with van der Waals surface area (Å²) >= 11 is 0. The van der Waals surface area contributed by atoms with Crippen LogP contribution in [0, 0.1) is 0 Å². The van der Waals surface area contributed by atoms with Gasteiger partial charge in [0.2, 0.25) is 0 Å². The third-order valence-electron chi connectivity index (χ3n) is 12.9. The van der Waals surface area contributed by atoms with E-state index in [1.54, 1.807) is 0 Å². The fraction of sp³-hybridized carbons (Fsp3) is 0.0492. The fourth-order valence-electron chi connectivity index (χ4n) is 9.74. The van der Waals surface area contributed by atoms with E-state index in [0.29, 0.717) is 0 Å². The summed E-state index contributed by atoms with van der Waals surface area (Å²) in [5, 5.41) is 2.52. The standard InChI is InChI=1S/C61H45N/c1-61(2)57-26-10-8-23-56(57)60-55(25-14-27-58(60)61)48-37-39-50(40-38-48)62(51-20-12-19-49(41-51)44-31-29-43(30-32-44)42-15-4-3-5-16-42)59-28-11-9-22-54(59)47-35-33-46(34-36-47)53-24-13-18-45-17-6-7-21-52(45)53/h3-41H,1-2H3. The topological polar surface area (TPSA) is 3.24 Å². The van der Waals surface area contributed by atoms with Gasteiger partial charge in [-0.3, -0.25) is 0 Å². The molecule has 0 aliphatic heterocycles. The van der Waals surface area contributed by atoms with Crippen molar-refractivity contribution in [2.75, 3.05) is 4.90 Å². The molecule has 0 atom stereocenters. The monoisotopic (exact) mass is 791 g/mol. The molecule has 10 aromatic rings. The normalized spacial score (nSPS) is 12.5. The van der Waals surface area contributed by atoms with Crippen LogP contribution in [0.25, 0.3) is 77.5 Å². The second-order valence-electron chi connectivity index (χ2n) is 16.9. The highest BCUT2D eigenvalue weighted by molar-refractivity contribution is 5.98. The molecule has 0 aromatic heterocycles. The number of fused-ring (bicyclic) bond motifs is 4. The second-order valence-corrected chi connectivity index (χ2v) is 16.9. The van der Waals surface area contributed by atoms with Crippen LogP contribution in [0.15, 0.2) is 237 Å². The molecular weight excluding hydrogens is 747 g/mol. The maximum Gasteiger partial charge on any atom is 0.0540 e. The van der Waals surface area contributed by atoms with E-state index in [4.69, 9.17) is 0 Å². The quantitative estimate of drug-likeness (QED) is 0.148. The molecule has 0 spiro atoms. The van der Waals surface area contributed by atoms with Crippen LogP contribution in [0.3, 0.4) is 0 Å². The first-order valence-electron chi connectivity index (χ1n) is 21.6. The highest BCUT2D eigenvalue weighted by atomic mass is 15.1. The van der Waals surface area contributed by atoms with Crippen molar-refractivity contribution < 1.29 is 0 Å². The molecular formula is C61H45N. The van der Waals surface area contributed by atoms with E-state index in [1.807, 2.05) is 0 Å². The van der Waals surface area contributed by atoms with Crippen LogP contribution in [0.4, 0.5) is 17.1 Å². The first kappa shape index (κ1) is 37.3. The number of rotatable bonds is 8. The Hall–Kier alpha value is -7.74. The number of para-hydroxylation sites is 1. The highest BCUT2D eigenvalue weighted by Gasteiger charge is 2.36. The van der Waals surface area contributed by atoms with Gasteiger partial charge in [0, 0.05) is 22.4 Å². The predicted molar refractivity (Wildman–Crippen MR) is 263 cm³/mol. The van der Waals surface area contributed by atoms with Gasteiger partial charge in [-0.25, -0.2) is 0 Å². The van der Waals surface area contributed by atoms with E-state index in [-0.39, 0.29) is 5.41 Å². The van der Waals surface area contributed by atoms with Crippen LogP contribution in [-0.4, -0.2) is 0 Å². The van der Waals surface area contributed by atoms with Crippen LogP contribution in [-0.2, 0) is 5.41 Å². The van der Waals surface area contributed by atoms with Gasteiger partial charge in [-0.15, -0.1) is 0 Å². The molecule has 10 aromatic carbocycles. The van der Waals surface area contributed by atoms with Gasteiger partial charge in [-0.1, -0.05) is 220 Å². The summed E-state index contributed by atoms with van der Waals surface area (Å²) in [7, 11) is 0. The first-order chi connectivity index (χ1) is 30.5. The van der Waals surface area contributed by atoms with Crippen LogP contribution >= 0.6 is 0 Å². The average Bonchev–Trinajstić information content (AvgIpc) is 3.58. The maximum absolute atomic E-state index is 2.42. The third-order valence-corrected chi connectivity index (χ3v) is 12.9. The Labute approximate surface area is 364 Å². The summed E-state index contributed by atoms with van der Waals surface area (Å²) < 4.78 is 0. The Morgan fingerprint density at radius 3 is 1.58 bits per heavy atom. The number of nitrogens with zero attached hydrogens (tertiary/aromatic N) is 1. The maximum atomic E-state index is 2.42. The van der Waals surface area contributed by atoms with Crippen molar-refractivity contribution in [2.24, 2.45) is 0 Å². The molecule has 1 aliphatic carbocycles. The molecule has 1 nitrogen and oxygen atoms in total. The molecule has 0 heterocycles. The summed E-state index contributed by atoms with van der Waals surface area (Å²) in [5.41, 5.74) is 20.8. The number of anilines is 3. The summed E-state index contributed by atoms with van der Waals surface area (Å²) in [6.45, 7) is 4.70. The van der Waals surface area contributed by atoms with Crippen LogP contribution in [0.1, 0.15) is 25.0 Å². The van der Waals surface area contributed by atoms with Crippen LogP contribution < -0.4 is 4.90 Å². The van der Waals surface area contributed by atoms with E-state index in [2.05, 4.69) is 255 Å². The van der Waals surface area contributed by atoms with Gasteiger partial charge in [-0.2, -0.15) is 0 Å². The third kappa shape index (κ3) is 6.51. The lowest BCUT2D eigenvalue weighted by molar-refractivity contribution is 0.660. The fourth-order valence-corrected chi connectivity index (χ4v) is 9.74. The Kier molecular flexibility index (Phi) is 9.24. The molecule has 1 heteroatoms. The van der Waals surface area contributed by atoms with Crippen molar-refractivity contribution in [1.29, 1.82) is 0 Å². The highest BCUT2D eigenvalue weighted by Crippen LogP contribution is 2.52. The molecule has 0 unspecified atom stereocenters. The summed E-state index contributed by atoms with van der Waals surface area (Å²) in [6.07, 6.45) is 0. The lowest BCUT2D eigenvalue weighted by Crippen LogP contribution is -2.14. The average molecular weight is 792 g/mol. The summed E-state index contributed by atoms with van der Waals surface area (Å²) in [5.74, 6) is 0. The lowest BCUT2D eigenvalue weighted by atomic mass is 9.82. The molecule has 1 aliphatic rings. The number of hydrogen-bond acceptors (Lipinski definition) is 1. The van der Waals surface area contributed by atoms with Gasteiger partial charge < -0.3 is 4.90 Å². The molecule has 0 saturated heterocycles. The summed E-state index contributed by atoms with van der Waals surface area (Å²) in [4.78, 5) is 2.42. The van der Waals surface area contributed by atoms with Crippen molar-refractivity contribution in [3.8, 4) is 66.8 Å². The summed E-state index contributed by atoms with van der Waals surface area (Å²) in [6, 6.07) is 86.5. The number of benzene rings is 10. The first-order valence-corrected chi connectivity index (χ1v) is 21.6.